The molecular weight excluding hydrogens is 275 g/mol. The zero-order valence-electron chi connectivity index (χ0n) is 10.7. The van der Waals surface area contributed by atoms with Crippen molar-refractivity contribution >= 4 is 11.8 Å². The summed E-state index contributed by atoms with van der Waals surface area (Å²) >= 11 is 0. The van der Waals surface area contributed by atoms with Gasteiger partial charge in [-0.1, -0.05) is 0 Å². The molecule has 1 aromatic heterocycles. The molecule has 110 valence electrons. The van der Waals surface area contributed by atoms with Crippen molar-refractivity contribution in [1.29, 1.82) is 0 Å². The number of pyridine rings is 1. The third-order valence-corrected chi connectivity index (χ3v) is 3.26. The van der Waals surface area contributed by atoms with Crippen LogP contribution in [0.2, 0.25) is 0 Å². The minimum Gasteiger partial charge on any atom is -0.465 e. The molecule has 1 fully saturated rings. The normalized spacial score (nSPS) is 19.2. The van der Waals surface area contributed by atoms with E-state index in [-0.39, 0.29) is 11.7 Å². The lowest BCUT2D eigenvalue weighted by molar-refractivity contribution is -0.138. The quantitative estimate of drug-likeness (QED) is 0.876. The number of halogens is 3. The zero-order chi connectivity index (χ0) is 14.9. The van der Waals surface area contributed by atoms with Crippen LogP contribution in [-0.4, -0.2) is 35.3 Å². The van der Waals surface area contributed by atoms with Gasteiger partial charge < -0.3 is 15.3 Å². The number of amides is 1. The van der Waals surface area contributed by atoms with Crippen molar-refractivity contribution in [2.24, 2.45) is 0 Å². The summed E-state index contributed by atoms with van der Waals surface area (Å²) < 4.78 is 38.4. The van der Waals surface area contributed by atoms with E-state index >= 15 is 0 Å². The second-order valence-electron chi connectivity index (χ2n) is 4.71. The zero-order valence-corrected chi connectivity index (χ0v) is 10.7. The number of alkyl halides is 3. The van der Waals surface area contributed by atoms with Gasteiger partial charge in [-0.15, -0.1) is 0 Å². The molecule has 0 saturated carbocycles. The smallest absolute Gasteiger partial charge is 0.418 e. The highest BCUT2D eigenvalue weighted by Gasteiger charge is 2.34. The molecule has 2 N–H and O–H groups in total. The van der Waals surface area contributed by atoms with Crippen LogP contribution >= 0.6 is 0 Å². The molecule has 0 aromatic carbocycles. The number of anilines is 1. The molecule has 0 bridgehead atoms. The molecule has 1 amide bonds. The molecule has 1 unspecified atom stereocenters. The average molecular weight is 289 g/mol. The summed E-state index contributed by atoms with van der Waals surface area (Å²) in [6.45, 7) is 2.15. The highest BCUT2D eigenvalue weighted by molar-refractivity contribution is 5.65. The van der Waals surface area contributed by atoms with E-state index in [2.05, 4.69) is 10.3 Å². The number of aromatic nitrogens is 1. The Hall–Kier alpha value is -1.99. The first-order chi connectivity index (χ1) is 9.27. The maximum atomic E-state index is 12.8. The third-order valence-electron chi connectivity index (χ3n) is 3.26. The molecule has 1 saturated heterocycles. The predicted molar refractivity (Wildman–Crippen MR) is 65.8 cm³/mol. The Labute approximate surface area is 113 Å². The highest BCUT2D eigenvalue weighted by atomic mass is 19.4. The minimum absolute atomic E-state index is 0.0688. The fraction of sp³-hybridized carbons (Fsp3) is 0.500. The minimum atomic E-state index is -4.44. The third kappa shape index (κ3) is 3.12. The monoisotopic (exact) mass is 289 g/mol. The standard InChI is InChI=1S/C12H14F3N3O2/c1-7-10(12(13,14)15)4-9(5-16-7)18-3-2-8(6-18)17-11(19)20/h4-5,8,17H,2-3,6H2,1H3,(H,19,20). The molecule has 2 heterocycles. The number of hydrogen-bond acceptors (Lipinski definition) is 3. The highest BCUT2D eigenvalue weighted by Crippen LogP contribution is 2.33. The fourth-order valence-corrected chi connectivity index (χ4v) is 2.27. The molecule has 0 spiro atoms. The summed E-state index contributed by atoms with van der Waals surface area (Å²) in [6.07, 6.45) is -3.63. The van der Waals surface area contributed by atoms with Crippen molar-refractivity contribution < 1.29 is 23.1 Å². The first-order valence-electron chi connectivity index (χ1n) is 6.05. The van der Waals surface area contributed by atoms with E-state index < -0.39 is 17.8 Å². The van der Waals surface area contributed by atoms with Crippen LogP contribution in [0.1, 0.15) is 17.7 Å². The molecule has 0 radical (unpaired) electrons. The van der Waals surface area contributed by atoms with Gasteiger partial charge in [-0.25, -0.2) is 4.79 Å². The van der Waals surface area contributed by atoms with Gasteiger partial charge in [0, 0.05) is 18.8 Å². The molecular formula is C12H14F3N3O2. The summed E-state index contributed by atoms with van der Waals surface area (Å²) in [4.78, 5) is 16.0. The van der Waals surface area contributed by atoms with Gasteiger partial charge in [0.2, 0.25) is 0 Å². The first-order valence-corrected chi connectivity index (χ1v) is 6.05. The summed E-state index contributed by atoms with van der Waals surface area (Å²) in [5.74, 6) is 0. The number of nitrogens with one attached hydrogen (secondary N) is 1. The van der Waals surface area contributed by atoms with E-state index in [0.29, 0.717) is 25.2 Å². The van der Waals surface area contributed by atoms with E-state index in [1.807, 2.05) is 0 Å². The number of hydrogen-bond donors (Lipinski definition) is 2. The van der Waals surface area contributed by atoms with Crippen LogP contribution in [0.4, 0.5) is 23.7 Å². The Morgan fingerprint density at radius 1 is 1.55 bits per heavy atom. The second kappa shape index (κ2) is 5.18. The molecule has 5 nitrogen and oxygen atoms in total. The fourth-order valence-electron chi connectivity index (χ4n) is 2.27. The predicted octanol–water partition coefficient (Wildman–Crippen LogP) is 2.26. The van der Waals surface area contributed by atoms with Gasteiger partial charge in [-0.05, 0) is 19.4 Å². The van der Waals surface area contributed by atoms with Crippen molar-refractivity contribution in [1.82, 2.24) is 10.3 Å². The van der Waals surface area contributed by atoms with Crippen molar-refractivity contribution in [3.05, 3.63) is 23.5 Å². The van der Waals surface area contributed by atoms with Gasteiger partial charge in [0.1, 0.15) is 0 Å². The summed E-state index contributed by atoms with van der Waals surface area (Å²) in [5, 5.41) is 11.0. The van der Waals surface area contributed by atoms with Gasteiger partial charge in [0.05, 0.1) is 23.5 Å². The number of carboxylic acid groups (broad SMARTS) is 1. The van der Waals surface area contributed by atoms with E-state index in [1.165, 1.54) is 13.1 Å². The lowest BCUT2D eigenvalue weighted by Crippen LogP contribution is -2.36. The van der Waals surface area contributed by atoms with Gasteiger partial charge >= 0.3 is 12.3 Å². The van der Waals surface area contributed by atoms with Gasteiger partial charge in [-0.3, -0.25) is 4.98 Å². The molecule has 0 aliphatic carbocycles. The van der Waals surface area contributed by atoms with E-state index in [9.17, 15) is 18.0 Å². The average Bonchev–Trinajstić information content (AvgIpc) is 2.75. The molecule has 1 aliphatic rings. The second-order valence-corrected chi connectivity index (χ2v) is 4.71. The van der Waals surface area contributed by atoms with Crippen LogP contribution < -0.4 is 10.2 Å². The molecule has 1 aromatic rings. The largest absolute Gasteiger partial charge is 0.465 e. The number of rotatable bonds is 2. The van der Waals surface area contributed by atoms with Crippen LogP contribution in [0.3, 0.4) is 0 Å². The Bertz CT molecular complexity index is 519. The summed E-state index contributed by atoms with van der Waals surface area (Å²) in [7, 11) is 0. The molecule has 8 heteroatoms. The van der Waals surface area contributed by atoms with E-state index in [1.54, 1.807) is 4.90 Å². The summed E-state index contributed by atoms with van der Waals surface area (Å²) in [6, 6.07) is 0.786. The Kier molecular flexibility index (Phi) is 3.74. The van der Waals surface area contributed by atoms with E-state index in [0.717, 1.165) is 6.07 Å². The Balaban J connectivity index is 2.17. The molecule has 1 atom stereocenters. The maximum absolute atomic E-state index is 12.8. The van der Waals surface area contributed by atoms with Crippen molar-refractivity contribution in [3.8, 4) is 0 Å². The topological polar surface area (TPSA) is 65.5 Å². The van der Waals surface area contributed by atoms with Crippen LogP contribution in [-0.2, 0) is 6.18 Å². The van der Waals surface area contributed by atoms with Crippen LogP contribution in [0.5, 0.6) is 0 Å². The maximum Gasteiger partial charge on any atom is 0.418 e. The van der Waals surface area contributed by atoms with Gasteiger partial charge in [0.25, 0.3) is 0 Å². The van der Waals surface area contributed by atoms with Crippen molar-refractivity contribution in [3.63, 3.8) is 0 Å². The lowest BCUT2D eigenvalue weighted by Gasteiger charge is -2.20. The van der Waals surface area contributed by atoms with E-state index in [4.69, 9.17) is 5.11 Å². The Morgan fingerprint density at radius 3 is 2.85 bits per heavy atom. The SMILES string of the molecule is Cc1ncc(N2CCC(NC(=O)O)C2)cc1C(F)(F)F. The Morgan fingerprint density at radius 2 is 2.25 bits per heavy atom. The van der Waals surface area contributed by atoms with Crippen molar-refractivity contribution in [2.45, 2.75) is 25.6 Å². The van der Waals surface area contributed by atoms with Crippen LogP contribution in [0, 0.1) is 6.92 Å². The summed E-state index contributed by atoms with van der Waals surface area (Å²) in [5.41, 5.74) is -0.470. The molecule has 20 heavy (non-hydrogen) atoms. The number of carbonyl (C=O) groups is 1. The van der Waals surface area contributed by atoms with Crippen LogP contribution in [0.15, 0.2) is 12.3 Å². The van der Waals surface area contributed by atoms with Crippen molar-refractivity contribution in [2.75, 3.05) is 18.0 Å². The molecule has 2 rings (SSSR count). The number of nitrogens with zero attached hydrogens (tertiary/aromatic N) is 2. The lowest BCUT2D eigenvalue weighted by atomic mass is 10.2. The van der Waals surface area contributed by atoms with Crippen LogP contribution in [0.25, 0.3) is 0 Å². The van der Waals surface area contributed by atoms with Gasteiger partial charge in [-0.2, -0.15) is 13.2 Å². The van der Waals surface area contributed by atoms with Gasteiger partial charge in [0.15, 0.2) is 0 Å². The molecule has 1 aliphatic heterocycles. The number of aryl methyl sites for hydroxylation is 1. The first kappa shape index (κ1) is 14.4.